The normalized spacial score (nSPS) is 12.0. The Morgan fingerprint density at radius 2 is 1.85 bits per heavy atom. The summed E-state index contributed by atoms with van der Waals surface area (Å²) in [6, 6.07) is 7.39. The first kappa shape index (κ1) is 16.0. The number of hydrogen-bond donors (Lipinski definition) is 3. The molecule has 1 amide bonds. The van der Waals surface area contributed by atoms with E-state index in [0.717, 1.165) is 0 Å². The standard InChI is InChI=1S/C14H19NO5/c1-9(2)10-3-5-11(6-4-10)20-8-13(17)15-7-12(16)14(18)19/h3-6,9,12,16H,7-8H2,1-2H3,(H,15,17)(H,18,19)/t12-/m0/s1. The largest absolute Gasteiger partial charge is 0.484 e. The molecular weight excluding hydrogens is 262 g/mol. The van der Waals surface area contributed by atoms with Crippen LogP contribution in [0.15, 0.2) is 24.3 Å². The number of ether oxygens (including phenoxy) is 1. The van der Waals surface area contributed by atoms with Crippen LogP contribution in [0.25, 0.3) is 0 Å². The minimum atomic E-state index is -1.61. The van der Waals surface area contributed by atoms with Crippen LogP contribution in [0.4, 0.5) is 0 Å². The third-order valence-corrected chi connectivity index (χ3v) is 2.69. The molecule has 0 radical (unpaired) electrons. The van der Waals surface area contributed by atoms with Crippen molar-refractivity contribution in [1.29, 1.82) is 0 Å². The fourth-order valence-corrected chi connectivity index (χ4v) is 1.45. The maximum Gasteiger partial charge on any atom is 0.334 e. The predicted molar refractivity (Wildman–Crippen MR) is 72.7 cm³/mol. The fourth-order valence-electron chi connectivity index (χ4n) is 1.45. The van der Waals surface area contributed by atoms with Gasteiger partial charge in [-0.15, -0.1) is 0 Å². The lowest BCUT2D eigenvalue weighted by molar-refractivity contribution is -0.146. The minimum Gasteiger partial charge on any atom is -0.484 e. The quantitative estimate of drug-likeness (QED) is 0.685. The van der Waals surface area contributed by atoms with Crippen LogP contribution in [0, 0.1) is 0 Å². The van der Waals surface area contributed by atoms with Crippen LogP contribution in [0.5, 0.6) is 5.75 Å². The van der Waals surface area contributed by atoms with E-state index in [4.69, 9.17) is 14.9 Å². The van der Waals surface area contributed by atoms with Gasteiger partial charge in [-0.05, 0) is 23.6 Å². The summed E-state index contributed by atoms with van der Waals surface area (Å²) in [6.45, 7) is 3.59. The number of carboxylic acid groups (broad SMARTS) is 1. The molecule has 0 aliphatic rings. The highest BCUT2D eigenvalue weighted by Gasteiger charge is 2.14. The van der Waals surface area contributed by atoms with Gasteiger partial charge in [0.05, 0.1) is 6.54 Å². The molecule has 0 bridgehead atoms. The number of rotatable bonds is 7. The zero-order valence-electron chi connectivity index (χ0n) is 11.5. The van der Waals surface area contributed by atoms with Gasteiger partial charge in [-0.25, -0.2) is 4.79 Å². The maximum absolute atomic E-state index is 11.4. The van der Waals surface area contributed by atoms with Gasteiger partial charge in [0.1, 0.15) is 5.75 Å². The number of amides is 1. The zero-order chi connectivity index (χ0) is 15.1. The Hall–Kier alpha value is -2.08. The molecule has 0 fully saturated rings. The SMILES string of the molecule is CC(C)c1ccc(OCC(=O)NC[C@H](O)C(=O)O)cc1. The first-order chi connectivity index (χ1) is 9.40. The molecule has 0 aliphatic heterocycles. The van der Waals surface area contributed by atoms with E-state index < -0.39 is 18.0 Å². The van der Waals surface area contributed by atoms with Crippen LogP contribution >= 0.6 is 0 Å². The Kier molecular flexibility index (Phi) is 5.99. The van der Waals surface area contributed by atoms with E-state index in [9.17, 15) is 9.59 Å². The zero-order valence-corrected chi connectivity index (χ0v) is 11.5. The molecule has 20 heavy (non-hydrogen) atoms. The molecule has 0 aliphatic carbocycles. The molecule has 0 saturated heterocycles. The summed E-state index contributed by atoms with van der Waals surface area (Å²) < 4.78 is 5.25. The van der Waals surface area contributed by atoms with E-state index in [1.54, 1.807) is 12.1 Å². The van der Waals surface area contributed by atoms with Crippen LogP contribution in [0.1, 0.15) is 25.3 Å². The molecule has 0 unspecified atom stereocenters. The van der Waals surface area contributed by atoms with Crippen molar-refractivity contribution in [1.82, 2.24) is 5.32 Å². The van der Waals surface area contributed by atoms with Crippen molar-refractivity contribution in [2.24, 2.45) is 0 Å². The van der Waals surface area contributed by atoms with Crippen LogP contribution in [0.2, 0.25) is 0 Å². The van der Waals surface area contributed by atoms with Gasteiger partial charge in [0.2, 0.25) is 0 Å². The third kappa shape index (κ3) is 5.27. The first-order valence-electron chi connectivity index (χ1n) is 6.30. The average molecular weight is 281 g/mol. The summed E-state index contributed by atoms with van der Waals surface area (Å²) in [6.07, 6.45) is -1.61. The fraction of sp³-hybridized carbons (Fsp3) is 0.429. The van der Waals surface area contributed by atoms with Gasteiger partial charge in [-0.3, -0.25) is 4.79 Å². The molecule has 0 spiro atoms. The van der Waals surface area contributed by atoms with Crippen molar-refractivity contribution in [2.45, 2.75) is 25.9 Å². The van der Waals surface area contributed by atoms with E-state index in [0.29, 0.717) is 11.7 Å². The summed E-state index contributed by atoms with van der Waals surface area (Å²) in [5.41, 5.74) is 1.17. The van der Waals surface area contributed by atoms with Gasteiger partial charge in [0.15, 0.2) is 12.7 Å². The lowest BCUT2D eigenvalue weighted by Crippen LogP contribution is -2.38. The number of carboxylic acids is 1. The molecule has 3 N–H and O–H groups in total. The predicted octanol–water partition coefficient (Wildman–Crippen LogP) is 0.750. The number of aliphatic carboxylic acids is 1. The average Bonchev–Trinajstić information content (AvgIpc) is 2.42. The van der Waals surface area contributed by atoms with Crippen LogP contribution < -0.4 is 10.1 Å². The second kappa shape index (κ2) is 7.49. The van der Waals surface area contributed by atoms with Crippen molar-refractivity contribution in [2.75, 3.05) is 13.2 Å². The second-order valence-corrected chi connectivity index (χ2v) is 4.67. The Balaban J connectivity index is 2.35. The summed E-state index contributed by atoms with van der Waals surface area (Å²) in [7, 11) is 0. The van der Waals surface area contributed by atoms with E-state index in [1.165, 1.54) is 5.56 Å². The summed E-state index contributed by atoms with van der Waals surface area (Å²) in [4.78, 5) is 21.7. The molecule has 0 heterocycles. The van der Waals surface area contributed by atoms with Gasteiger partial charge >= 0.3 is 5.97 Å². The number of aliphatic hydroxyl groups is 1. The summed E-state index contributed by atoms with van der Waals surface area (Å²) >= 11 is 0. The third-order valence-electron chi connectivity index (χ3n) is 2.69. The monoisotopic (exact) mass is 281 g/mol. The van der Waals surface area contributed by atoms with E-state index in [-0.39, 0.29) is 13.2 Å². The molecule has 1 aromatic carbocycles. The Bertz CT molecular complexity index is 455. The van der Waals surface area contributed by atoms with Crippen molar-refractivity contribution < 1.29 is 24.5 Å². The highest BCUT2D eigenvalue weighted by molar-refractivity contribution is 5.79. The lowest BCUT2D eigenvalue weighted by Gasteiger charge is -2.10. The highest BCUT2D eigenvalue weighted by atomic mass is 16.5. The number of hydrogen-bond acceptors (Lipinski definition) is 4. The Labute approximate surface area is 117 Å². The van der Waals surface area contributed by atoms with Crippen molar-refractivity contribution >= 4 is 11.9 Å². The molecular formula is C14H19NO5. The van der Waals surface area contributed by atoms with Crippen LogP contribution in [-0.4, -0.2) is 41.3 Å². The van der Waals surface area contributed by atoms with Gasteiger partial charge in [-0.1, -0.05) is 26.0 Å². The summed E-state index contributed by atoms with van der Waals surface area (Å²) in [5, 5.41) is 19.7. The number of carbonyl (C=O) groups is 2. The number of carbonyl (C=O) groups excluding carboxylic acids is 1. The highest BCUT2D eigenvalue weighted by Crippen LogP contribution is 2.18. The molecule has 6 nitrogen and oxygen atoms in total. The van der Waals surface area contributed by atoms with Crippen molar-refractivity contribution in [3.63, 3.8) is 0 Å². The minimum absolute atomic E-state index is 0.229. The van der Waals surface area contributed by atoms with Crippen LogP contribution in [-0.2, 0) is 9.59 Å². The molecule has 110 valence electrons. The van der Waals surface area contributed by atoms with Gasteiger partial charge in [0, 0.05) is 0 Å². The molecule has 0 saturated carbocycles. The Morgan fingerprint density at radius 1 is 1.25 bits per heavy atom. The molecule has 6 heteroatoms. The van der Waals surface area contributed by atoms with Crippen LogP contribution in [0.3, 0.4) is 0 Å². The molecule has 1 atom stereocenters. The van der Waals surface area contributed by atoms with E-state index in [2.05, 4.69) is 19.2 Å². The number of nitrogens with one attached hydrogen (secondary N) is 1. The topological polar surface area (TPSA) is 95.9 Å². The van der Waals surface area contributed by atoms with Crippen molar-refractivity contribution in [3.8, 4) is 5.75 Å². The van der Waals surface area contributed by atoms with Crippen molar-refractivity contribution in [3.05, 3.63) is 29.8 Å². The molecule has 0 aromatic heterocycles. The number of benzene rings is 1. The lowest BCUT2D eigenvalue weighted by atomic mass is 10.0. The van der Waals surface area contributed by atoms with E-state index in [1.807, 2.05) is 12.1 Å². The summed E-state index contributed by atoms with van der Waals surface area (Å²) in [5.74, 6) is -0.887. The van der Waals surface area contributed by atoms with Gasteiger partial charge < -0.3 is 20.3 Å². The van der Waals surface area contributed by atoms with Gasteiger partial charge in [-0.2, -0.15) is 0 Å². The second-order valence-electron chi connectivity index (χ2n) is 4.67. The first-order valence-corrected chi connectivity index (χ1v) is 6.30. The molecule has 1 aromatic rings. The van der Waals surface area contributed by atoms with Gasteiger partial charge in [0.25, 0.3) is 5.91 Å². The Morgan fingerprint density at radius 3 is 2.35 bits per heavy atom. The van der Waals surface area contributed by atoms with E-state index >= 15 is 0 Å². The maximum atomic E-state index is 11.4. The number of aliphatic hydroxyl groups excluding tert-OH is 1. The molecule has 1 rings (SSSR count). The smallest absolute Gasteiger partial charge is 0.334 e.